The fourth-order valence-corrected chi connectivity index (χ4v) is 0.488. The van der Waals surface area contributed by atoms with E-state index >= 15 is 0 Å². The van der Waals surface area contributed by atoms with Crippen LogP contribution in [0.25, 0.3) is 0 Å². The van der Waals surface area contributed by atoms with Crippen molar-refractivity contribution in [2.75, 3.05) is 5.75 Å². The second-order valence-corrected chi connectivity index (χ2v) is 2.40. The van der Waals surface area contributed by atoms with E-state index in [1.165, 1.54) is 6.33 Å². The van der Waals surface area contributed by atoms with Crippen molar-refractivity contribution in [2.45, 2.75) is 6.04 Å². The van der Waals surface area contributed by atoms with Gasteiger partial charge in [0.2, 0.25) is 0 Å². The van der Waals surface area contributed by atoms with Gasteiger partial charge >= 0.3 is 5.97 Å². The Labute approximate surface area is 93.6 Å². The van der Waals surface area contributed by atoms with Crippen LogP contribution in [0.1, 0.15) is 0 Å². The van der Waals surface area contributed by atoms with E-state index in [0.717, 1.165) is 0 Å². The molecule has 0 fully saturated rings. The Balaban J connectivity index is 0. The van der Waals surface area contributed by atoms with Crippen molar-refractivity contribution in [1.29, 1.82) is 0 Å². The summed E-state index contributed by atoms with van der Waals surface area (Å²) < 4.78 is 0. The Hall–Kier alpha value is -0.850. The highest BCUT2D eigenvalue weighted by molar-refractivity contribution is 7.80. The van der Waals surface area contributed by atoms with Crippen LogP contribution in [-0.4, -0.2) is 32.8 Å². The molecular formula is C7H12ClN3O2S. The molecule has 0 aliphatic heterocycles. The minimum atomic E-state index is -1.00. The number of nitrogens with zero attached hydrogens (tertiary/aromatic N) is 2. The number of aliphatic carboxylic acids is 1. The number of carboxylic acid groups (broad SMARTS) is 1. The lowest BCUT2D eigenvalue weighted by molar-refractivity contribution is -0.137. The van der Waals surface area contributed by atoms with E-state index in [9.17, 15) is 4.79 Å². The van der Waals surface area contributed by atoms with E-state index in [2.05, 4.69) is 22.6 Å². The molecule has 0 aromatic carbocycles. The molecule has 0 aliphatic carbocycles. The van der Waals surface area contributed by atoms with Crippen molar-refractivity contribution in [2.24, 2.45) is 5.73 Å². The molecule has 80 valence electrons. The summed E-state index contributed by atoms with van der Waals surface area (Å²) >= 11 is 3.65. The standard InChI is InChI=1S/C4H4N2.C3H7NO2S.ClH/c1-2-5-4-6-3-1;4-2(1-7)3(5)6;/h1-4H;2,7H,1,4H2,(H,5,6);1H. The Morgan fingerprint density at radius 2 is 2.00 bits per heavy atom. The zero-order chi connectivity index (χ0) is 10.1. The molecule has 0 radical (unpaired) electrons. The molecule has 1 heterocycles. The summed E-state index contributed by atoms with van der Waals surface area (Å²) in [6.45, 7) is 0. The van der Waals surface area contributed by atoms with Crippen LogP contribution in [0.2, 0.25) is 0 Å². The van der Waals surface area contributed by atoms with Gasteiger partial charge in [-0.05, 0) is 6.07 Å². The smallest absolute Gasteiger partial charge is 0.321 e. The van der Waals surface area contributed by atoms with Gasteiger partial charge in [0.1, 0.15) is 12.4 Å². The summed E-state index contributed by atoms with van der Waals surface area (Å²) in [7, 11) is 0. The number of carboxylic acids is 1. The highest BCUT2D eigenvalue weighted by Crippen LogP contribution is 1.80. The van der Waals surface area contributed by atoms with Crippen molar-refractivity contribution in [3.8, 4) is 0 Å². The molecule has 0 saturated heterocycles. The van der Waals surface area contributed by atoms with Crippen molar-refractivity contribution in [3.05, 3.63) is 24.8 Å². The molecule has 1 aromatic rings. The van der Waals surface area contributed by atoms with Gasteiger partial charge in [-0.15, -0.1) is 12.4 Å². The summed E-state index contributed by atoms with van der Waals surface area (Å²) in [6, 6.07) is 0.961. The minimum Gasteiger partial charge on any atom is -0.480 e. The predicted octanol–water partition coefficient (Wildman–Crippen LogP) is 0.227. The molecular weight excluding hydrogens is 226 g/mol. The molecule has 1 rings (SSSR count). The van der Waals surface area contributed by atoms with Gasteiger partial charge in [-0.25, -0.2) is 9.97 Å². The van der Waals surface area contributed by atoms with Crippen LogP contribution in [0.5, 0.6) is 0 Å². The predicted molar refractivity (Wildman–Crippen MR) is 58.7 cm³/mol. The van der Waals surface area contributed by atoms with Crippen LogP contribution in [-0.2, 0) is 4.79 Å². The second-order valence-electron chi connectivity index (χ2n) is 2.03. The molecule has 0 aliphatic rings. The number of aromatic nitrogens is 2. The first-order chi connectivity index (χ1) is 6.18. The zero-order valence-corrected chi connectivity index (χ0v) is 8.99. The number of thiol groups is 1. The molecule has 1 unspecified atom stereocenters. The van der Waals surface area contributed by atoms with E-state index in [4.69, 9.17) is 10.8 Å². The first-order valence-corrected chi connectivity index (χ1v) is 4.11. The third-order valence-corrected chi connectivity index (χ3v) is 1.38. The monoisotopic (exact) mass is 237 g/mol. The van der Waals surface area contributed by atoms with Crippen LogP contribution in [0.4, 0.5) is 0 Å². The van der Waals surface area contributed by atoms with Gasteiger partial charge in [0.15, 0.2) is 0 Å². The van der Waals surface area contributed by atoms with Crippen molar-refractivity contribution in [3.63, 3.8) is 0 Å². The number of rotatable bonds is 2. The van der Waals surface area contributed by atoms with Crippen molar-refractivity contribution in [1.82, 2.24) is 9.97 Å². The molecule has 5 nitrogen and oxygen atoms in total. The Bertz CT molecular complexity index is 211. The van der Waals surface area contributed by atoms with E-state index < -0.39 is 12.0 Å². The average Bonchev–Trinajstić information content (AvgIpc) is 2.20. The molecule has 0 amide bonds. The van der Waals surface area contributed by atoms with E-state index in [-0.39, 0.29) is 18.2 Å². The molecule has 3 N–H and O–H groups in total. The number of hydrogen-bond donors (Lipinski definition) is 3. The van der Waals surface area contributed by atoms with Crippen LogP contribution in [0.3, 0.4) is 0 Å². The lowest BCUT2D eigenvalue weighted by atomic mass is 10.4. The highest BCUT2D eigenvalue weighted by atomic mass is 35.5. The molecule has 7 heteroatoms. The fourth-order valence-electron chi connectivity index (χ4n) is 0.331. The Morgan fingerprint density at radius 1 is 1.50 bits per heavy atom. The maximum atomic E-state index is 9.76. The quantitative estimate of drug-likeness (QED) is 0.641. The molecule has 0 saturated carbocycles. The van der Waals surface area contributed by atoms with Gasteiger partial charge in [0, 0.05) is 18.1 Å². The van der Waals surface area contributed by atoms with Gasteiger partial charge in [-0.3, -0.25) is 4.79 Å². The van der Waals surface area contributed by atoms with E-state index in [1.807, 2.05) is 0 Å². The molecule has 1 atom stereocenters. The molecule has 0 spiro atoms. The summed E-state index contributed by atoms with van der Waals surface area (Å²) in [5, 5.41) is 8.01. The number of hydrogen-bond acceptors (Lipinski definition) is 5. The van der Waals surface area contributed by atoms with Gasteiger partial charge in [-0.1, -0.05) is 0 Å². The summed E-state index contributed by atoms with van der Waals surface area (Å²) in [4.78, 5) is 17.1. The lowest BCUT2D eigenvalue weighted by Crippen LogP contribution is -2.31. The maximum absolute atomic E-state index is 9.76. The van der Waals surface area contributed by atoms with Gasteiger partial charge in [0.05, 0.1) is 0 Å². The highest BCUT2D eigenvalue weighted by Gasteiger charge is 2.06. The van der Waals surface area contributed by atoms with E-state index in [0.29, 0.717) is 0 Å². The largest absolute Gasteiger partial charge is 0.480 e. The lowest BCUT2D eigenvalue weighted by Gasteiger charge is -1.96. The SMILES string of the molecule is Cl.NC(CS)C(=O)O.c1cncnc1. The average molecular weight is 238 g/mol. The second kappa shape index (κ2) is 10.2. The van der Waals surface area contributed by atoms with Crippen LogP contribution < -0.4 is 5.73 Å². The summed E-state index contributed by atoms with van der Waals surface area (Å²) in [6.07, 6.45) is 4.88. The normalized spacial score (nSPS) is 10.1. The van der Waals surface area contributed by atoms with E-state index in [1.54, 1.807) is 18.5 Å². The Kier molecular flexibility index (Phi) is 11.4. The zero-order valence-electron chi connectivity index (χ0n) is 7.28. The third-order valence-electron chi connectivity index (χ3n) is 0.991. The third kappa shape index (κ3) is 9.24. The number of halogens is 1. The van der Waals surface area contributed by atoms with Crippen LogP contribution >= 0.6 is 25.0 Å². The first-order valence-electron chi connectivity index (χ1n) is 3.47. The summed E-state index contributed by atoms with van der Waals surface area (Å²) in [5.74, 6) is -0.815. The first kappa shape index (κ1) is 15.6. The molecule has 1 aromatic heterocycles. The van der Waals surface area contributed by atoms with Crippen molar-refractivity contribution < 1.29 is 9.90 Å². The number of nitrogens with two attached hydrogens (primary N) is 1. The van der Waals surface area contributed by atoms with Gasteiger partial charge < -0.3 is 10.8 Å². The van der Waals surface area contributed by atoms with Gasteiger partial charge in [0.25, 0.3) is 0 Å². The minimum absolute atomic E-state index is 0. The maximum Gasteiger partial charge on any atom is 0.321 e. The topological polar surface area (TPSA) is 89.1 Å². The van der Waals surface area contributed by atoms with Gasteiger partial charge in [-0.2, -0.15) is 12.6 Å². The number of carbonyl (C=O) groups is 1. The van der Waals surface area contributed by atoms with Crippen LogP contribution in [0.15, 0.2) is 24.8 Å². The fraction of sp³-hybridized carbons (Fsp3) is 0.286. The molecule has 14 heavy (non-hydrogen) atoms. The Morgan fingerprint density at radius 3 is 2.07 bits per heavy atom. The molecule has 0 bridgehead atoms. The van der Waals surface area contributed by atoms with Crippen molar-refractivity contribution >= 4 is 31.0 Å². The van der Waals surface area contributed by atoms with Crippen LogP contribution in [0, 0.1) is 0 Å². The summed E-state index contributed by atoms with van der Waals surface area (Å²) in [5.41, 5.74) is 4.94.